The molecule has 0 saturated carbocycles. The van der Waals surface area contributed by atoms with E-state index in [-0.39, 0.29) is 0 Å². The van der Waals surface area contributed by atoms with E-state index in [1.54, 1.807) is 0 Å². The number of nitrogens with two attached hydrogens (primary N) is 1. The molecule has 100 valence electrons. The van der Waals surface area contributed by atoms with Gasteiger partial charge in [0, 0.05) is 32.0 Å². The first-order valence-electron chi connectivity index (χ1n) is 6.74. The molecule has 0 amide bonds. The Morgan fingerprint density at radius 3 is 2.37 bits per heavy atom. The van der Waals surface area contributed by atoms with Gasteiger partial charge in [-0.15, -0.1) is 0 Å². The van der Waals surface area contributed by atoms with E-state index in [9.17, 15) is 0 Å². The van der Waals surface area contributed by atoms with Gasteiger partial charge in [0.25, 0.3) is 0 Å². The molecule has 0 bridgehead atoms. The zero-order valence-corrected chi connectivity index (χ0v) is 11.2. The molecule has 19 heavy (non-hydrogen) atoms. The summed E-state index contributed by atoms with van der Waals surface area (Å²) in [5, 5.41) is 0. The lowest BCUT2D eigenvalue weighted by atomic mass is 10.2. The van der Waals surface area contributed by atoms with Gasteiger partial charge in [-0.2, -0.15) is 0 Å². The third kappa shape index (κ3) is 4.81. The highest BCUT2D eigenvalue weighted by molar-refractivity contribution is 5.15. The van der Waals surface area contributed by atoms with Crippen LogP contribution >= 0.6 is 0 Å². The summed E-state index contributed by atoms with van der Waals surface area (Å²) in [6, 6.07) is 14.7. The minimum atomic E-state index is 0.734. The van der Waals surface area contributed by atoms with Crippen LogP contribution in [0.15, 0.2) is 54.9 Å². The lowest BCUT2D eigenvalue weighted by molar-refractivity contribution is 0.255. The second-order valence-corrected chi connectivity index (χ2v) is 4.70. The maximum Gasteiger partial charge on any atom is 0.0312 e. The third-order valence-electron chi connectivity index (χ3n) is 3.06. The van der Waals surface area contributed by atoms with Gasteiger partial charge in [0.05, 0.1) is 0 Å². The molecule has 1 aromatic carbocycles. The SMILES string of the molecule is NCCCN(Cc1ccccc1)Cc1cccnc1. The van der Waals surface area contributed by atoms with Crippen molar-refractivity contribution in [3.63, 3.8) is 0 Å². The molecule has 0 spiro atoms. The van der Waals surface area contributed by atoms with E-state index in [4.69, 9.17) is 5.73 Å². The fraction of sp³-hybridized carbons (Fsp3) is 0.312. The Kier molecular flexibility index (Phi) is 5.53. The van der Waals surface area contributed by atoms with Crippen molar-refractivity contribution in [2.24, 2.45) is 5.73 Å². The van der Waals surface area contributed by atoms with E-state index in [0.717, 1.165) is 32.6 Å². The van der Waals surface area contributed by atoms with Gasteiger partial charge in [0.15, 0.2) is 0 Å². The molecule has 0 radical (unpaired) electrons. The maximum absolute atomic E-state index is 5.62. The largest absolute Gasteiger partial charge is 0.330 e. The van der Waals surface area contributed by atoms with E-state index >= 15 is 0 Å². The lowest BCUT2D eigenvalue weighted by Crippen LogP contribution is -2.25. The van der Waals surface area contributed by atoms with Gasteiger partial charge < -0.3 is 5.73 Å². The van der Waals surface area contributed by atoms with Crippen LogP contribution in [0.1, 0.15) is 17.5 Å². The first kappa shape index (κ1) is 13.7. The highest BCUT2D eigenvalue weighted by Gasteiger charge is 2.06. The molecule has 1 heterocycles. The smallest absolute Gasteiger partial charge is 0.0312 e. The molecule has 3 heteroatoms. The summed E-state index contributed by atoms with van der Waals surface area (Å²) < 4.78 is 0. The fourth-order valence-corrected chi connectivity index (χ4v) is 2.12. The van der Waals surface area contributed by atoms with Gasteiger partial charge in [0.2, 0.25) is 0 Å². The highest BCUT2D eigenvalue weighted by Crippen LogP contribution is 2.09. The summed E-state index contributed by atoms with van der Waals surface area (Å²) in [7, 11) is 0. The molecule has 2 aromatic rings. The van der Waals surface area contributed by atoms with Gasteiger partial charge in [-0.1, -0.05) is 36.4 Å². The summed E-state index contributed by atoms with van der Waals surface area (Å²) in [5.41, 5.74) is 8.21. The first-order valence-corrected chi connectivity index (χ1v) is 6.74. The number of pyridine rings is 1. The number of aromatic nitrogens is 1. The number of benzene rings is 1. The van der Waals surface area contributed by atoms with Crippen LogP contribution in [0.25, 0.3) is 0 Å². The summed E-state index contributed by atoms with van der Waals surface area (Å²) in [6.45, 7) is 3.62. The van der Waals surface area contributed by atoms with Crippen molar-refractivity contribution in [1.82, 2.24) is 9.88 Å². The van der Waals surface area contributed by atoms with Crippen molar-refractivity contribution in [2.75, 3.05) is 13.1 Å². The van der Waals surface area contributed by atoms with Crippen LogP contribution < -0.4 is 5.73 Å². The average Bonchev–Trinajstić information content (AvgIpc) is 2.47. The molecule has 0 atom stereocenters. The van der Waals surface area contributed by atoms with Crippen molar-refractivity contribution in [3.05, 3.63) is 66.0 Å². The summed E-state index contributed by atoms with van der Waals surface area (Å²) in [4.78, 5) is 6.59. The van der Waals surface area contributed by atoms with Crippen LogP contribution in [0.4, 0.5) is 0 Å². The summed E-state index contributed by atoms with van der Waals surface area (Å²) in [6.07, 6.45) is 4.76. The first-order chi connectivity index (χ1) is 9.38. The average molecular weight is 255 g/mol. The molecular formula is C16H21N3. The van der Waals surface area contributed by atoms with Crippen molar-refractivity contribution < 1.29 is 0 Å². The second-order valence-electron chi connectivity index (χ2n) is 4.70. The molecule has 0 aliphatic carbocycles. The highest BCUT2D eigenvalue weighted by atomic mass is 15.1. The number of nitrogens with zero attached hydrogens (tertiary/aromatic N) is 2. The Balaban J connectivity index is 1.99. The standard InChI is InChI=1S/C16H21N3/c17-9-5-11-19(13-15-6-2-1-3-7-15)14-16-8-4-10-18-12-16/h1-4,6-8,10,12H,5,9,11,13-14,17H2. The van der Waals surface area contributed by atoms with Crippen LogP contribution in [0, 0.1) is 0 Å². The molecule has 3 nitrogen and oxygen atoms in total. The maximum atomic E-state index is 5.62. The predicted molar refractivity (Wildman–Crippen MR) is 78.5 cm³/mol. The molecular weight excluding hydrogens is 234 g/mol. The van der Waals surface area contributed by atoms with E-state index in [0.29, 0.717) is 0 Å². The van der Waals surface area contributed by atoms with Crippen LogP contribution in [0.3, 0.4) is 0 Å². The lowest BCUT2D eigenvalue weighted by Gasteiger charge is -2.22. The van der Waals surface area contributed by atoms with Crippen molar-refractivity contribution >= 4 is 0 Å². The predicted octanol–water partition coefficient (Wildman–Crippen LogP) is 2.43. The molecule has 0 saturated heterocycles. The van der Waals surface area contributed by atoms with Crippen LogP contribution in [0.5, 0.6) is 0 Å². The molecule has 0 aliphatic rings. The minimum Gasteiger partial charge on any atom is -0.330 e. The topological polar surface area (TPSA) is 42.1 Å². The van der Waals surface area contributed by atoms with Gasteiger partial charge >= 0.3 is 0 Å². The van der Waals surface area contributed by atoms with Crippen molar-refractivity contribution in [1.29, 1.82) is 0 Å². The Morgan fingerprint density at radius 1 is 0.947 bits per heavy atom. The van der Waals surface area contributed by atoms with Crippen molar-refractivity contribution in [2.45, 2.75) is 19.5 Å². The molecule has 2 N–H and O–H groups in total. The van der Waals surface area contributed by atoms with E-state index in [2.05, 4.69) is 46.3 Å². The summed E-state index contributed by atoms with van der Waals surface area (Å²) in [5.74, 6) is 0. The molecule has 0 fully saturated rings. The Hall–Kier alpha value is -1.71. The third-order valence-corrected chi connectivity index (χ3v) is 3.06. The molecule has 1 aromatic heterocycles. The number of hydrogen-bond donors (Lipinski definition) is 1. The second kappa shape index (κ2) is 7.67. The Bertz CT molecular complexity index is 414. The normalized spacial score (nSPS) is 10.8. The Labute approximate surface area is 115 Å². The van der Waals surface area contributed by atoms with Crippen molar-refractivity contribution in [3.8, 4) is 0 Å². The van der Waals surface area contributed by atoms with Crippen LogP contribution in [-0.2, 0) is 13.1 Å². The van der Waals surface area contributed by atoms with E-state index in [1.807, 2.05) is 18.5 Å². The molecule has 0 unspecified atom stereocenters. The van der Waals surface area contributed by atoms with Crippen LogP contribution in [-0.4, -0.2) is 23.0 Å². The number of rotatable bonds is 7. The summed E-state index contributed by atoms with van der Waals surface area (Å²) >= 11 is 0. The van der Waals surface area contributed by atoms with Gasteiger partial charge in [-0.25, -0.2) is 0 Å². The fourth-order valence-electron chi connectivity index (χ4n) is 2.12. The van der Waals surface area contributed by atoms with E-state index in [1.165, 1.54) is 11.1 Å². The van der Waals surface area contributed by atoms with Gasteiger partial charge in [-0.05, 0) is 30.2 Å². The molecule has 0 aliphatic heterocycles. The van der Waals surface area contributed by atoms with Gasteiger partial charge in [-0.3, -0.25) is 9.88 Å². The van der Waals surface area contributed by atoms with E-state index < -0.39 is 0 Å². The monoisotopic (exact) mass is 255 g/mol. The zero-order valence-electron chi connectivity index (χ0n) is 11.2. The van der Waals surface area contributed by atoms with Gasteiger partial charge in [0.1, 0.15) is 0 Å². The minimum absolute atomic E-state index is 0.734. The zero-order chi connectivity index (χ0) is 13.3. The number of hydrogen-bond acceptors (Lipinski definition) is 3. The molecule has 2 rings (SSSR count). The van der Waals surface area contributed by atoms with Crippen LogP contribution in [0.2, 0.25) is 0 Å². The quantitative estimate of drug-likeness (QED) is 0.826. The Morgan fingerprint density at radius 2 is 1.68 bits per heavy atom.